The highest BCUT2D eigenvalue weighted by Crippen LogP contribution is 2.27. The molecule has 0 spiro atoms. The van der Waals surface area contributed by atoms with E-state index in [2.05, 4.69) is 0 Å². The maximum absolute atomic E-state index is 12.4. The number of sulfone groups is 2. The summed E-state index contributed by atoms with van der Waals surface area (Å²) in [6, 6.07) is 27.0. The lowest BCUT2D eigenvalue weighted by Gasteiger charge is -2.19. The van der Waals surface area contributed by atoms with Crippen LogP contribution >= 0.6 is 0 Å². The normalized spacial score (nSPS) is 12.5. The second kappa shape index (κ2) is 17.8. The van der Waals surface area contributed by atoms with Crippen molar-refractivity contribution < 1.29 is 52.7 Å². The molecule has 0 amide bonds. The Balaban J connectivity index is 0.000000295. The van der Waals surface area contributed by atoms with Crippen LogP contribution in [0.2, 0.25) is 0 Å². The van der Waals surface area contributed by atoms with E-state index in [0.717, 1.165) is 39.6 Å². The second-order valence-electron chi connectivity index (χ2n) is 13.5. The van der Waals surface area contributed by atoms with E-state index in [1.165, 1.54) is 12.1 Å². The Morgan fingerprint density at radius 3 is 1.17 bits per heavy atom. The molecule has 14 heteroatoms. The average molecular weight is 785 g/mol. The molecule has 0 radical (unpaired) electrons. The van der Waals surface area contributed by atoms with E-state index in [1.807, 2.05) is 12.1 Å². The Morgan fingerprint density at radius 1 is 0.547 bits per heavy atom. The lowest BCUT2D eigenvalue weighted by Crippen LogP contribution is -2.28. The summed E-state index contributed by atoms with van der Waals surface area (Å²) in [5.41, 5.74) is 4.21. The molecular formula is C39H42F6O6S2. The zero-order valence-corrected chi connectivity index (χ0v) is 31.4. The number of hydrogen-bond donors (Lipinski definition) is 0. The molecule has 0 aliphatic rings. The van der Waals surface area contributed by atoms with Crippen molar-refractivity contribution in [3.63, 3.8) is 0 Å². The summed E-state index contributed by atoms with van der Waals surface area (Å²) in [7, 11) is -7.05. The topological polar surface area (TPSA) is 94.6 Å². The molecular weight excluding hydrogens is 743 g/mol. The van der Waals surface area contributed by atoms with Crippen LogP contribution < -0.4 is 0 Å². The van der Waals surface area contributed by atoms with Crippen LogP contribution in [0.25, 0.3) is 22.3 Å². The van der Waals surface area contributed by atoms with Gasteiger partial charge in [0.1, 0.15) is 5.60 Å². The van der Waals surface area contributed by atoms with Gasteiger partial charge in [0.05, 0.1) is 9.79 Å². The molecule has 0 bridgehead atoms. The Labute approximate surface area is 307 Å². The Hall–Kier alpha value is -4.17. The van der Waals surface area contributed by atoms with E-state index in [9.17, 15) is 48.0 Å². The molecule has 4 aromatic carbocycles. The molecule has 0 atom stereocenters. The minimum atomic E-state index is -4.15. The third kappa shape index (κ3) is 15.8. The minimum absolute atomic E-state index is 0.0147. The van der Waals surface area contributed by atoms with Crippen molar-refractivity contribution in [2.45, 2.75) is 87.0 Å². The molecule has 0 aromatic heterocycles. The van der Waals surface area contributed by atoms with Crippen molar-refractivity contribution in [1.82, 2.24) is 0 Å². The van der Waals surface area contributed by atoms with Gasteiger partial charge >= 0.3 is 18.3 Å². The molecule has 4 rings (SSSR count). The smallest absolute Gasteiger partial charge is 0.389 e. The van der Waals surface area contributed by atoms with Gasteiger partial charge in [0.2, 0.25) is 0 Å². The number of alkyl halides is 6. The van der Waals surface area contributed by atoms with Crippen LogP contribution in [0.5, 0.6) is 0 Å². The highest BCUT2D eigenvalue weighted by Gasteiger charge is 2.27. The number of halogens is 6. The van der Waals surface area contributed by atoms with Gasteiger partial charge in [-0.15, -0.1) is 0 Å². The van der Waals surface area contributed by atoms with Gasteiger partial charge in [-0.2, -0.15) is 26.3 Å². The maximum atomic E-state index is 12.4. The summed E-state index contributed by atoms with van der Waals surface area (Å²) in [6.07, 6.45) is -7.87. The van der Waals surface area contributed by atoms with Crippen molar-refractivity contribution in [3.8, 4) is 22.3 Å². The maximum Gasteiger partial charge on any atom is 0.389 e. The predicted octanol–water partition coefficient (Wildman–Crippen LogP) is 10.00. The lowest BCUT2D eigenvalue weighted by molar-refractivity contribution is -0.151. The van der Waals surface area contributed by atoms with Crippen molar-refractivity contribution in [1.29, 1.82) is 0 Å². The van der Waals surface area contributed by atoms with Gasteiger partial charge in [-0.1, -0.05) is 72.8 Å². The highest BCUT2D eigenvalue weighted by atomic mass is 32.2. The molecule has 6 nitrogen and oxygen atoms in total. The first-order valence-corrected chi connectivity index (χ1v) is 20.1. The zero-order valence-electron chi connectivity index (χ0n) is 29.7. The summed E-state index contributed by atoms with van der Waals surface area (Å²) in [4.78, 5) is 12.1. The number of esters is 1. The monoisotopic (exact) mass is 784 g/mol. The predicted molar refractivity (Wildman–Crippen MR) is 193 cm³/mol. The van der Waals surface area contributed by atoms with E-state index in [4.69, 9.17) is 4.74 Å². The summed E-state index contributed by atoms with van der Waals surface area (Å²) < 4.78 is 126. The lowest BCUT2D eigenvalue weighted by atomic mass is 10.0. The van der Waals surface area contributed by atoms with E-state index < -0.39 is 62.2 Å². The molecule has 0 aliphatic carbocycles. The van der Waals surface area contributed by atoms with Crippen LogP contribution in [-0.4, -0.2) is 52.8 Å². The molecule has 0 unspecified atom stereocenters. The van der Waals surface area contributed by atoms with Crippen molar-refractivity contribution in [2.24, 2.45) is 0 Å². The van der Waals surface area contributed by atoms with Crippen LogP contribution in [-0.2, 0) is 42.0 Å². The van der Waals surface area contributed by atoms with Gasteiger partial charge in [0.25, 0.3) is 0 Å². The standard InChI is InChI=1S/C22H25F3O4S.C17H17F3O2S/c1-21(2,3)29-20(26)15-30(27,28)19-12-10-18(11-13-19)17-8-6-16(7-9-17)5-4-14-22(23,24)25;1-23(21,22)16-10-8-15(9-11-16)14-6-4-13(5-7-14)3-2-12-17(18,19)20/h6-13H,4-5,14-15H2,1-3H3;4-11H,2-3,12H2,1H3. The van der Waals surface area contributed by atoms with Crippen molar-refractivity contribution in [3.05, 3.63) is 108 Å². The SMILES string of the molecule is CC(C)(C)OC(=O)CS(=O)(=O)c1ccc(-c2ccc(CCCC(F)(F)F)cc2)cc1.CS(=O)(=O)c1ccc(-c2ccc(CCCC(F)(F)F)cc2)cc1. The quantitative estimate of drug-likeness (QED) is 0.105. The third-order valence-corrected chi connectivity index (χ3v) is 10.4. The van der Waals surface area contributed by atoms with E-state index in [1.54, 1.807) is 93.6 Å². The number of aryl methyl sites for hydroxylation is 2. The van der Waals surface area contributed by atoms with E-state index >= 15 is 0 Å². The van der Waals surface area contributed by atoms with Gasteiger partial charge in [-0.3, -0.25) is 4.79 Å². The van der Waals surface area contributed by atoms with E-state index in [0.29, 0.717) is 12.8 Å². The average Bonchev–Trinajstić information content (AvgIpc) is 3.03. The molecule has 0 heterocycles. The fraction of sp³-hybridized carbons (Fsp3) is 0.359. The molecule has 0 saturated carbocycles. The van der Waals surface area contributed by atoms with Crippen LogP contribution in [0.3, 0.4) is 0 Å². The summed E-state index contributed by atoms with van der Waals surface area (Å²) in [5, 5.41) is 0. The van der Waals surface area contributed by atoms with E-state index in [-0.39, 0.29) is 22.6 Å². The van der Waals surface area contributed by atoms with Gasteiger partial charge in [0.15, 0.2) is 25.4 Å². The van der Waals surface area contributed by atoms with Gasteiger partial charge < -0.3 is 4.74 Å². The second-order valence-corrected chi connectivity index (χ2v) is 17.5. The van der Waals surface area contributed by atoms with Crippen LogP contribution in [0.4, 0.5) is 26.3 Å². The first kappa shape index (κ1) is 43.2. The first-order valence-electron chi connectivity index (χ1n) is 16.6. The van der Waals surface area contributed by atoms with Gasteiger partial charge in [-0.05, 0) is 104 Å². The minimum Gasteiger partial charge on any atom is -0.459 e. The number of carbonyl (C=O) groups is 1. The fourth-order valence-electron chi connectivity index (χ4n) is 5.07. The van der Waals surface area contributed by atoms with Crippen LogP contribution in [0.1, 0.15) is 57.6 Å². The largest absolute Gasteiger partial charge is 0.459 e. The van der Waals surface area contributed by atoms with Crippen molar-refractivity contribution >= 4 is 25.6 Å². The third-order valence-electron chi connectivity index (χ3n) is 7.65. The number of carbonyl (C=O) groups excluding carboxylic acids is 1. The molecule has 0 saturated heterocycles. The molecule has 0 aliphatic heterocycles. The number of benzene rings is 4. The first-order chi connectivity index (χ1) is 24.4. The highest BCUT2D eigenvalue weighted by molar-refractivity contribution is 7.92. The van der Waals surface area contributed by atoms with Gasteiger partial charge in [0, 0.05) is 19.1 Å². The molecule has 0 fully saturated rings. The summed E-state index contributed by atoms with van der Waals surface area (Å²) in [5.74, 6) is -1.55. The van der Waals surface area contributed by atoms with Gasteiger partial charge in [-0.25, -0.2) is 16.8 Å². The number of ether oxygens (including phenoxy) is 1. The number of rotatable bonds is 12. The number of hydrogen-bond acceptors (Lipinski definition) is 6. The molecule has 53 heavy (non-hydrogen) atoms. The Bertz CT molecular complexity index is 2000. The van der Waals surface area contributed by atoms with Crippen molar-refractivity contribution in [2.75, 3.05) is 12.0 Å². The molecule has 4 aromatic rings. The summed E-state index contributed by atoms with van der Waals surface area (Å²) in [6.45, 7) is 4.98. The summed E-state index contributed by atoms with van der Waals surface area (Å²) >= 11 is 0. The Kier molecular flexibility index (Phi) is 14.5. The Morgan fingerprint density at radius 2 is 0.868 bits per heavy atom. The fourth-order valence-corrected chi connectivity index (χ4v) is 6.79. The zero-order chi connectivity index (χ0) is 39.7. The molecule has 288 valence electrons. The molecule has 0 N–H and O–H groups in total. The van der Waals surface area contributed by atoms with Crippen LogP contribution in [0, 0.1) is 0 Å². The van der Waals surface area contributed by atoms with Crippen LogP contribution in [0.15, 0.2) is 107 Å².